The average molecular weight is 435 g/mol. The number of carbonyl (C=O) groups is 1. The average Bonchev–Trinajstić information content (AvgIpc) is 2.82. The van der Waals surface area contributed by atoms with Gasteiger partial charge in [-0.2, -0.15) is 0 Å². The standard InChI is InChI=1S/C25H30N4O3/c1-16-17(2)24-21(25(30)29(15-32-24)20-5-4-10-31-14-20)12-19(16)11-18-6-7-23(28-13-18)22(26)8-9-27-3/h6-9,12-13,20H,4-5,10-11,14-15,26H2,1-3H3/t20-/m1/s1. The third-order valence-corrected chi connectivity index (χ3v) is 6.28. The summed E-state index contributed by atoms with van der Waals surface area (Å²) in [6.07, 6.45) is 7.79. The molecule has 3 heterocycles. The van der Waals surface area contributed by atoms with E-state index < -0.39 is 0 Å². The van der Waals surface area contributed by atoms with Gasteiger partial charge in [-0.1, -0.05) is 6.07 Å². The van der Waals surface area contributed by atoms with Crippen LogP contribution in [-0.2, 0) is 11.2 Å². The summed E-state index contributed by atoms with van der Waals surface area (Å²) in [7, 11) is 1.70. The Balaban J connectivity index is 1.59. The molecule has 1 amide bonds. The van der Waals surface area contributed by atoms with Crippen LogP contribution in [0.15, 0.2) is 35.5 Å². The lowest BCUT2D eigenvalue weighted by Gasteiger charge is -2.37. The minimum atomic E-state index is 0.0232. The Hall–Kier alpha value is -3.19. The Bertz CT molecular complexity index is 1050. The summed E-state index contributed by atoms with van der Waals surface area (Å²) in [5.41, 5.74) is 12.2. The number of amides is 1. The number of ether oxygens (including phenoxy) is 2. The molecule has 7 nitrogen and oxygen atoms in total. The number of aromatic nitrogens is 1. The zero-order chi connectivity index (χ0) is 22.7. The highest BCUT2D eigenvalue weighted by Gasteiger charge is 2.34. The molecule has 1 fully saturated rings. The van der Waals surface area contributed by atoms with E-state index in [0.29, 0.717) is 35.7 Å². The van der Waals surface area contributed by atoms with Crippen molar-refractivity contribution in [3.8, 4) is 5.75 Å². The van der Waals surface area contributed by atoms with Crippen molar-refractivity contribution in [1.82, 2.24) is 9.88 Å². The van der Waals surface area contributed by atoms with Crippen LogP contribution in [0.5, 0.6) is 5.75 Å². The summed E-state index contributed by atoms with van der Waals surface area (Å²) in [4.78, 5) is 23.5. The van der Waals surface area contributed by atoms with Crippen molar-refractivity contribution in [2.75, 3.05) is 27.0 Å². The molecule has 2 aromatic rings. The molecule has 0 unspecified atom stereocenters. The number of nitrogens with zero attached hydrogens (tertiary/aromatic N) is 3. The van der Waals surface area contributed by atoms with Gasteiger partial charge < -0.3 is 15.2 Å². The molecule has 1 atom stereocenters. The van der Waals surface area contributed by atoms with Crippen LogP contribution in [0.2, 0.25) is 0 Å². The van der Waals surface area contributed by atoms with E-state index >= 15 is 0 Å². The van der Waals surface area contributed by atoms with E-state index in [1.807, 2.05) is 36.2 Å². The van der Waals surface area contributed by atoms with Gasteiger partial charge in [-0.05, 0) is 73.6 Å². The second-order valence-corrected chi connectivity index (χ2v) is 8.34. The van der Waals surface area contributed by atoms with Gasteiger partial charge in [0.2, 0.25) is 0 Å². The van der Waals surface area contributed by atoms with Crippen molar-refractivity contribution >= 4 is 17.8 Å². The summed E-state index contributed by atoms with van der Waals surface area (Å²) in [5, 5.41) is 0. The lowest BCUT2D eigenvalue weighted by atomic mass is 9.92. The highest BCUT2D eigenvalue weighted by molar-refractivity contribution is 5.99. The summed E-state index contributed by atoms with van der Waals surface area (Å²) in [5.74, 6) is 0.725. The van der Waals surface area contributed by atoms with Crippen molar-refractivity contribution < 1.29 is 14.3 Å². The first-order valence-electron chi connectivity index (χ1n) is 11.0. The van der Waals surface area contributed by atoms with Gasteiger partial charge in [-0.25, -0.2) is 0 Å². The first-order chi connectivity index (χ1) is 15.5. The van der Waals surface area contributed by atoms with Crippen molar-refractivity contribution in [3.05, 3.63) is 64.0 Å². The number of pyridine rings is 1. The van der Waals surface area contributed by atoms with Crippen molar-refractivity contribution in [2.45, 2.75) is 39.2 Å². The zero-order valence-electron chi connectivity index (χ0n) is 18.9. The van der Waals surface area contributed by atoms with Crippen LogP contribution >= 0.6 is 0 Å². The number of benzene rings is 1. The minimum absolute atomic E-state index is 0.0232. The quantitative estimate of drug-likeness (QED) is 0.730. The summed E-state index contributed by atoms with van der Waals surface area (Å²) in [6.45, 7) is 5.71. The van der Waals surface area contributed by atoms with E-state index in [2.05, 4.69) is 16.9 Å². The summed E-state index contributed by atoms with van der Waals surface area (Å²) < 4.78 is 11.6. The van der Waals surface area contributed by atoms with E-state index in [-0.39, 0.29) is 18.7 Å². The highest BCUT2D eigenvalue weighted by atomic mass is 16.5. The molecule has 0 aliphatic carbocycles. The van der Waals surface area contributed by atoms with E-state index in [4.69, 9.17) is 15.2 Å². The van der Waals surface area contributed by atoms with Gasteiger partial charge in [0.15, 0.2) is 6.73 Å². The lowest BCUT2D eigenvalue weighted by Crippen LogP contribution is -2.49. The number of hydrogen-bond donors (Lipinski definition) is 1. The monoisotopic (exact) mass is 434 g/mol. The van der Waals surface area contributed by atoms with Crippen LogP contribution in [0.3, 0.4) is 0 Å². The molecule has 0 bridgehead atoms. The SMILES string of the molecule is CN=CC=C(N)c1ccc(Cc2cc3c(c(C)c2C)OCN([C@@H]2CCCOC2)C3=O)cn1. The number of nitrogens with two attached hydrogens (primary N) is 1. The molecule has 0 radical (unpaired) electrons. The molecule has 2 aliphatic rings. The molecule has 1 saturated heterocycles. The van der Waals surface area contributed by atoms with Gasteiger partial charge in [0.05, 0.1) is 29.6 Å². The normalized spacial score (nSPS) is 19.2. The van der Waals surface area contributed by atoms with Gasteiger partial charge in [0.1, 0.15) is 5.75 Å². The molecular formula is C25H30N4O3. The molecule has 1 aromatic carbocycles. The van der Waals surface area contributed by atoms with Crippen LogP contribution in [0, 0.1) is 13.8 Å². The molecule has 7 heteroatoms. The van der Waals surface area contributed by atoms with Crippen LogP contribution in [0.4, 0.5) is 0 Å². The Kier molecular flexibility index (Phi) is 6.55. The second-order valence-electron chi connectivity index (χ2n) is 8.34. The smallest absolute Gasteiger partial charge is 0.260 e. The summed E-state index contributed by atoms with van der Waals surface area (Å²) >= 11 is 0. The fourth-order valence-corrected chi connectivity index (χ4v) is 4.24. The third-order valence-electron chi connectivity index (χ3n) is 6.28. The molecule has 0 saturated carbocycles. The van der Waals surface area contributed by atoms with E-state index in [0.717, 1.165) is 41.7 Å². The summed E-state index contributed by atoms with van der Waals surface area (Å²) in [6, 6.07) is 5.98. The fraction of sp³-hybridized carbons (Fsp3) is 0.400. The van der Waals surface area contributed by atoms with Crippen LogP contribution in [0.1, 0.15) is 51.1 Å². The Morgan fingerprint density at radius 3 is 2.88 bits per heavy atom. The molecule has 2 aliphatic heterocycles. The topological polar surface area (TPSA) is 90.0 Å². The minimum Gasteiger partial charge on any atom is -0.472 e. The molecule has 32 heavy (non-hydrogen) atoms. The predicted octanol–water partition coefficient (Wildman–Crippen LogP) is 3.26. The van der Waals surface area contributed by atoms with Crippen molar-refractivity contribution in [3.63, 3.8) is 0 Å². The largest absolute Gasteiger partial charge is 0.472 e. The molecular weight excluding hydrogens is 404 g/mol. The van der Waals surface area contributed by atoms with Crippen molar-refractivity contribution in [2.24, 2.45) is 10.7 Å². The number of fused-ring (bicyclic) bond motifs is 1. The molecule has 0 spiro atoms. The number of aliphatic imine (C=N–C) groups is 1. The lowest BCUT2D eigenvalue weighted by molar-refractivity contribution is -0.0101. The third kappa shape index (κ3) is 4.39. The van der Waals surface area contributed by atoms with Crippen molar-refractivity contribution in [1.29, 1.82) is 0 Å². The first-order valence-corrected chi connectivity index (χ1v) is 11.0. The van der Waals surface area contributed by atoms with Gasteiger partial charge in [-0.15, -0.1) is 0 Å². The number of allylic oxidation sites excluding steroid dienone is 1. The second kappa shape index (κ2) is 9.53. The predicted molar refractivity (Wildman–Crippen MR) is 125 cm³/mol. The van der Waals surface area contributed by atoms with Gasteiger partial charge >= 0.3 is 0 Å². The van der Waals surface area contributed by atoms with E-state index in [1.165, 1.54) is 0 Å². The molecule has 4 rings (SSSR count). The number of hydrogen-bond acceptors (Lipinski definition) is 6. The maximum atomic E-state index is 13.3. The number of rotatable bonds is 5. The maximum absolute atomic E-state index is 13.3. The zero-order valence-corrected chi connectivity index (χ0v) is 18.9. The van der Waals surface area contributed by atoms with Gasteiger partial charge in [0, 0.05) is 26.1 Å². The maximum Gasteiger partial charge on any atom is 0.260 e. The molecule has 1 aromatic heterocycles. The molecule has 2 N–H and O–H groups in total. The Labute approximate surface area is 188 Å². The highest BCUT2D eigenvalue weighted by Crippen LogP contribution is 2.35. The van der Waals surface area contributed by atoms with Crippen LogP contribution in [-0.4, -0.2) is 55.0 Å². The fourth-order valence-electron chi connectivity index (χ4n) is 4.24. The molecule has 168 valence electrons. The van der Waals surface area contributed by atoms with Crippen LogP contribution in [0.25, 0.3) is 5.70 Å². The van der Waals surface area contributed by atoms with Gasteiger partial charge in [0.25, 0.3) is 5.91 Å². The Morgan fingerprint density at radius 2 is 2.19 bits per heavy atom. The van der Waals surface area contributed by atoms with E-state index in [1.54, 1.807) is 19.3 Å². The Morgan fingerprint density at radius 1 is 1.34 bits per heavy atom. The number of carbonyl (C=O) groups excluding carboxylic acids is 1. The van der Waals surface area contributed by atoms with E-state index in [9.17, 15) is 4.79 Å². The van der Waals surface area contributed by atoms with Crippen LogP contribution < -0.4 is 10.5 Å². The van der Waals surface area contributed by atoms with Gasteiger partial charge in [-0.3, -0.25) is 19.7 Å². The first kappa shape index (κ1) is 22.0.